The van der Waals surface area contributed by atoms with Gasteiger partial charge >= 0.3 is 0 Å². The molecule has 3 heteroatoms. The van der Waals surface area contributed by atoms with E-state index >= 15 is 0 Å². The lowest BCUT2D eigenvalue weighted by Gasteiger charge is -2.13. The lowest BCUT2D eigenvalue weighted by atomic mass is 10.0. The fourth-order valence-corrected chi connectivity index (χ4v) is 2.30. The molecule has 0 radical (unpaired) electrons. The van der Waals surface area contributed by atoms with E-state index in [-0.39, 0.29) is 6.10 Å². The summed E-state index contributed by atoms with van der Waals surface area (Å²) in [6.45, 7) is 4.38. The molecule has 0 aliphatic heterocycles. The van der Waals surface area contributed by atoms with Crippen LogP contribution in [0.15, 0.2) is 18.5 Å². The summed E-state index contributed by atoms with van der Waals surface area (Å²) < 4.78 is 0. The van der Waals surface area contributed by atoms with Crippen LogP contribution in [0.25, 0.3) is 0 Å². The van der Waals surface area contributed by atoms with Crippen LogP contribution in [0.2, 0.25) is 5.02 Å². The van der Waals surface area contributed by atoms with Gasteiger partial charge in [-0.2, -0.15) is 0 Å². The molecular formula is C12H16ClNO. The SMILES string of the molecule is CC1(C)CC1C(O)Cc1ccncc1Cl. The molecule has 2 nitrogen and oxygen atoms in total. The zero-order valence-electron chi connectivity index (χ0n) is 9.07. The van der Waals surface area contributed by atoms with Crippen molar-refractivity contribution in [3.8, 4) is 0 Å². The quantitative estimate of drug-likeness (QED) is 0.858. The van der Waals surface area contributed by atoms with Gasteiger partial charge in [-0.15, -0.1) is 0 Å². The van der Waals surface area contributed by atoms with Crippen LogP contribution < -0.4 is 0 Å². The predicted octanol–water partition coefficient (Wildman–Crippen LogP) is 2.68. The first kappa shape index (κ1) is 10.9. The van der Waals surface area contributed by atoms with Crippen LogP contribution in [-0.2, 0) is 6.42 Å². The van der Waals surface area contributed by atoms with Crippen LogP contribution in [0.1, 0.15) is 25.8 Å². The number of aliphatic hydroxyl groups excluding tert-OH is 1. The zero-order chi connectivity index (χ0) is 11.1. The summed E-state index contributed by atoms with van der Waals surface area (Å²) in [5.41, 5.74) is 1.29. The molecule has 2 atom stereocenters. The minimum absolute atomic E-state index is 0.278. The van der Waals surface area contributed by atoms with Gasteiger partial charge in [-0.1, -0.05) is 25.4 Å². The highest BCUT2D eigenvalue weighted by Gasteiger charge is 2.49. The number of rotatable bonds is 3. The minimum atomic E-state index is -0.278. The molecular weight excluding hydrogens is 210 g/mol. The maximum absolute atomic E-state index is 10.0. The van der Waals surface area contributed by atoms with E-state index in [1.807, 2.05) is 6.07 Å². The molecule has 1 heterocycles. The van der Waals surface area contributed by atoms with Crippen molar-refractivity contribution in [2.45, 2.75) is 32.8 Å². The monoisotopic (exact) mass is 225 g/mol. The van der Waals surface area contributed by atoms with E-state index in [1.54, 1.807) is 12.4 Å². The first-order valence-corrected chi connectivity index (χ1v) is 5.65. The molecule has 0 saturated heterocycles. The number of halogens is 1. The molecule has 0 spiro atoms. The molecule has 1 aromatic heterocycles. The van der Waals surface area contributed by atoms with Crippen LogP contribution in [-0.4, -0.2) is 16.2 Å². The molecule has 1 aliphatic carbocycles. The van der Waals surface area contributed by atoms with Crippen molar-refractivity contribution in [2.75, 3.05) is 0 Å². The average molecular weight is 226 g/mol. The van der Waals surface area contributed by atoms with Crippen molar-refractivity contribution < 1.29 is 5.11 Å². The molecule has 1 saturated carbocycles. The van der Waals surface area contributed by atoms with Crippen LogP contribution in [0, 0.1) is 11.3 Å². The lowest BCUT2D eigenvalue weighted by molar-refractivity contribution is 0.137. The van der Waals surface area contributed by atoms with Crippen molar-refractivity contribution in [1.29, 1.82) is 0 Å². The van der Waals surface area contributed by atoms with Crippen molar-refractivity contribution in [3.63, 3.8) is 0 Å². The fourth-order valence-electron chi connectivity index (χ4n) is 2.10. The molecule has 0 aromatic carbocycles. The van der Waals surface area contributed by atoms with Gasteiger partial charge in [-0.05, 0) is 29.4 Å². The van der Waals surface area contributed by atoms with Crippen molar-refractivity contribution in [3.05, 3.63) is 29.0 Å². The summed E-state index contributed by atoms with van der Waals surface area (Å²) in [5.74, 6) is 0.418. The second-order valence-corrected chi connectivity index (χ2v) is 5.44. The Kier molecular flexibility index (Phi) is 2.73. The van der Waals surface area contributed by atoms with Crippen LogP contribution >= 0.6 is 11.6 Å². The molecule has 1 aromatic rings. The van der Waals surface area contributed by atoms with Gasteiger partial charge < -0.3 is 5.11 Å². The summed E-state index contributed by atoms with van der Waals surface area (Å²) in [6.07, 6.45) is 4.81. The van der Waals surface area contributed by atoms with Gasteiger partial charge in [0.15, 0.2) is 0 Å². The van der Waals surface area contributed by atoms with Gasteiger partial charge in [-0.25, -0.2) is 0 Å². The molecule has 1 fully saturated rings. The smallest absolute Gasteiger partial charge is 0.0622 e. The van der Waals surface area contributed by atoms with E-state index in [0.29, 0.717) is 22.8 Å². The third kappa shape index (κ3) is 2.32. The standard InChI is InChI=1S/C12H16ClNO/c1-12(2)6-9(12)11(15)5-8-3-4-14-7-10(8)13/h3-4,7,9,11,15H,5-6H2,1-2H3. The molecule has 1 N–H and O–H groups in total. The Morgan fingerprint density at radius 2 is 2.33 bits per heavy atom. The molecule has 2 rings (SSSR count). The maximum atomic E-state index is 10.0. The molecule has 82 valence electrons. The van der Waals surface area contributed by atoms with E-state index < -0.39 is 0 Å². The zero-order valence-corrected chi connectivity index (χ0v) is 9.83. The highest BCUT2D eigenvalue weighted by atomic mass is 35.5. The van der Waals surface area contributed by atoms with E-state index in [9.17, 15) is 5.11 Å². The number of hydrogen-bond donors (Lipinski definition) is 1. The lowest BCUT2D eigenvalue weighted by Crippen LogP contribution is -2.16. The number of pyridine rings is 1. The van der Waals surface area contributed by atoms with Gasteiger partial charge in [0.1, 0.15) is 0 Å². The largest absolute Gasteiger partial charge is 0.392 e. The number of aliphatic hydroxyl groups is 1. The Hall–Kier alpha value is -0.600. The summed E-state index contributed by atoms with van der Waals surface area (Å²) in [4.78, 5) is 3.93. The average Bonchev–Trinajstić information content (AvgIpc) is 2.79. The van der Waals surface area contributed by atoms with Gasteiger partial charge in [0.2, 0.25) is 0 Å². The summed E-state index contributed by atoms with van der Waals surface area (Å²) in [6, 6.07) is 1.88. The van der Waals surface area contributed by atoms with E-state index in [2.05, 4.69) is 18.8 Å². The van der Waals surface area contributed by atoms with Gasteiger partial charge in [0.05, 0.1) is 11.1 Å². The Morgan fingerprint density at radius 3 is 2.87 bits per heavy atom. The predicted molar refractivity (Wildman–Crippen MR) is 60.8 cm³/mol. The minimum Gasteiger partial charge on any atom is -0.392 e. The molecule has 15 heavy (non-hydrogen) atoms. The first-order valence-electron chi connectivity index (χ1n) is 5.27. The van der Waals surface area contributed by atoms with Crippen molar-refractivity contribution in [1.82, 2.24) is 4.98 Å². The van der Waals surface area contributed by atoms with Crippen molar-refractivity contribution in [2.24, 2.45) is 11.3 Å². The van der Waals surface area contributed by atoms with Crippen LogP contribution in [0.4, 0.5) is 0 Å². The van der Waals surface area contributed by atoms with Gasteiger partial charge in [0, 0.05) is 18.8 Å². The van der Waals surface area contributed by atoms with Gasteiger partial charge in [-0.3, -0.25) is 4.98 Å². The maximum Gasteiger partial charge on any atom is 0.0622 e. The fraction of sp³-hybridized carbons (Fsp3) is 0.583. The third-order valence-corrected chi connectivity index (χ3v) is 3.68. The molecule has 1 aliphatic rings. The Balaban J connectivity index is 2.01. The summed E-state index contributed by atoms with van der Waals surface area (Å²) in [7, 11) is 0. The summed E-state index contributed by atoms with van der Waals surface area (Å²) >= 11 is 5.99. The normalized spacial score (nSPS) is 24.9. The van der Waals surface area contributed by atoms with Gasteiger partial charge in [0.25, 0.3) is 0 Å². The Morgan fingerprint density at radius 1 is 1.67 bits per heavy atom. The topological polar surface area (TPSA) is 33.1 Å². The molecule has 0 amide bonds. The molecule has 0 bridgehead atoms. The Bertz CT molecular complexity index is 364. The second kappa shape index (κ2) is 3.76. The van der Waals surface area contributed by atoms with Crippen LogP contribution in [0.3, 0.4) is 0 Å². The number of hydrogen-bond acceptors (Lipinski definition) is 2. The van der Waals surface area contributed by atoms with E-state index in [0.717, 1.165) is 12.0 Å². The number of aromatic nitrogens is 1. The third-order valence-electron chi connectivity index (χ3n) is 3.34. The first-order chi connectivity index (χ1) is 7.00. The summed E-state index contributed by atoms with van der Waals surface area (Å²) in [5, 5.41) is 10.7. The van der Waals surface area contributed by atoms with Crippen molar-refractivity contribution >= 4 is 11.6 Å². The highest BCUT2D eigenvalue weighted by molar-refractivity contribution is 6.31. The molecule has 2 unspecified atom stereocenters. The Labute approximate surface area is 95.3 Å². The van der Waals surface area contributed by atoms with E-state index in [1.165, 1.54) is 0 Å². The highest BCUT2D eigenvalue weighted by Crippen LogP contribution is 2.54. The second-order valence-electron chi connectivity index (χ2n) is 5.04. The van der Waals surface area contributed by atoms with E-state index in [4.69, 9.17) is 11.6 Å². The van der Waals surface area contributed by atoms with Crippen LogP contribution in [0.5, 0.6) is 0 Å². The number of nitrogens with zero attached hydrogens (tertiary/aromatic N) is 1.